The number of nitrogens with zero attached hydrogens (tertiary/aromatic N) is 4. The quantitative estimate of drug-likeness (QED) is 0.734. The van der Waals surface area contributed by atoms with Gasteiger partial charge in [-0.05, 0) is 87.8 Å². The van der Waals surface area contributed by atoms with Gasteiger partial charge >= 0.3 is 5.69 Å². The van der Waals surface area contributed by atoms with E-state index in [1.807, 2.05) is 6.07 Å². The van der Waals surface area contributed by atoms with Crippen molar-refractivity contribution in [3.05, 3.63) is 34.2 Å². The number of fused-ring (bicyclic) bond motifs is 1. The molecule has 0 saturated carbocycles. The minimum atomic E-state index is -0.350. The Hall–Kier alpha value is -2.45. The molecular formula is C24H33N5O3. The van der Waals surface area contributed by atoms with Gasteiger partial charge in [0.15, 0.2) is 0 Å². The summed E-state index contributed by atoms with van der Waals surface area (Å²) in [6.45, 7) is 5.70. The van der Waals surface area contributed by atoms with E-state index in [2.05, 4.69) is 22.3 Å². The minimum absolute atomic E-state index is 0.294. The number of imidazole rings is 1. The highest BCUT2D eigenvalue weighted by atomic mass is 16.2. The summed E-state index contributed by atoms with van der Waals surface area (Å²) in [7, 11) is 1.71. The van der Waals surface area contributed by atoms with E-state index in [0.29, 0.717) is 30.7 Å². The molecule has 1 aromatic heterocycles. The smallest absolute Gasteiger partial charge is 0.316 e. The van der Waals surface area contributed by atoms with E-state index in [1.165, 1.54) is 29.6 Å². The molecule has 3 aliphatic rings. The number of rotatable bonds is 4. The Kier molecular flexibility index (Phi) is 5.90. The maximum atomic E-state index is 13.0. The number of aromatic nitrogens is 2. The van der Waals surface area contributed by atoms with Gasteiger partial charge in [0.25, 0.3) is 0 Å². The van der Waals surface area contributed by atoms with Crippen LogP contribution >= 0.6 is 0 Å². The predicted octanol–water partition coefficient (Wildman–Crippen LogP) is 1.69. The molecule has 1 aromatic carbocycles. The number of nitrogens with one attached hydrogen (secondary N) is 1. The first-order chi connectivity index (χ1) is 15.5. The number of aryl methyl sites for hydroxylation is 1. The van der Waals surface area contributed by atoms with Crippen molar-refractivity contribution in [2.45, 2.75) is 50.9 Å². The zero-order chi connectivity index (χ0) is 22.2. The highest BCUT2D eigenvalue weighted by Crippen LogP contribution is 2.31. The van der Waals surface area contributed by atoms with E-state index < -0.39 is 0 Å². The summed E-state index contributed by atoms with van der Waals surface area (Å²) in [6.07, 6.45) is 5.98. The van der Waals surface area contributed by atoms with E-state index in [9.17, 15) is 14.4 Å². The summed E-state index contributed by atoms with van der Waals surface area (Å²) in [5.74, 6) is 0.629. The number of imide groups is 1. The van der Waals surface area contributed by atoms with Gasteiger partial charge < -0.3 is 10.2 Å². The van der Waals surface area contributed by atoms with Gasteiger partial charge in [0, 0.05) is 26.4 Å². The number of hydrogen-bond acceptors (Lipinski definition) is 5. The molecule has 3 aliphatic heterocycles. The molecule has 4 heterocycles. The summed E-state index contributed by atoms with van der Waals surface area (Å²) in [6, 6.07) is 6.06. The highest BCUT2D eigenvalue weighted by Gasteiger charge is 2.31. The molecule has 0 bridgehead atoms. The van der Waals surface area contributed by atoms with Crippen LogP contribution in [0.1, 0.15) is 56.4 Å². The lowest BCUT2D eigenvalue weighted by Crippen LogP contribution is -2.52. The fourth-order valence-corrected chi connectivity index (χ4v) is 5.64. The Morgan fingerprint density at radius 2 is 1.72 bits per heavy atom. The van der Waals surface area contributed by atoms with Crippen LogP contribution in [0, 0.1) is 5.92 Å². The first-order valence-electron chi connectivity index (χ1n) is 12.0. The number of likely N-dealkylation sites (tertiary alicyclic amines) is 1. The van der Waals surface area contributed by atoms with Crippen molar-refractivity contribution < 1.29 is 9.59 Å². The molecule has 8 heteroatoms. The van der Waals surface area contributed by atoms with Crippen LogP contribution in [0.2, 0.25) is 0 Å². The molecule has 3 fully saturated rings. The van der Waals surface area contributed by atoms with Crippen LogP contribution < -0.4 is 16.0 Å². The second kappa shape index (κ2) is 8.83. The van der Waals surface area contributed by atoms with Crippen LogP contribution in [0.25, 0.3) is 11.0 Å². The van der Waals surface area contributed by atoms with Gasteiger partial charge in [-0.15, -0.1) is 0 Å². The van der Waals surface area contributed by atoms with E-state index in [4.69, 9.17) is 0 Å². The Morgan fingerprint density at radius 1 is 0.969 bits per heavy atom. The van der Waals surface area contributed by atoms with Crippen molar-refractivity contribution in [1.82, 2.24) is 19.5 Å². The molecule has 2 amide bonds. The number of piperidine rings is 3. The van der Waals surface area contributed by atoms with Crippen molar-refractivity contribution >= 4 is 22.8 Å². The standard InChI is InChI=1S/C24H33N5O3/c1-26-21-14-19(18-9-12-27(13-10-18)16-17-4-3-11-25-15-17)7-8-20(21)28(24(26)32)29-22(30)5-2-6-23(29)31/h7-8,14,17-18,25H,2-6,9-13,15-16H2,1H3. The van der Waals surface area contributed by atoms with Crippen LogP contribution in [0.5, 0.6) is 0 Å². The van der Waals surface area contributed by atoms with Crippen LogP contribution in [0.4, 0.5) is 0 Å². The third kappa shape index (κ3) is 3.90. The first-order valence-corrected chi connectivity index (χ1v) is 12.0. The molecule has 8 nitrogen and oxygen atoms in total. The largest absolute Gasteiger partial charge is 0.348 e. The van der Waals surface area contributed by atoms with Crippen molar-refractivity contribution in [2.75, 3.05) is 37.7 Å². The van der Waals surface area contributed by atoms with Crippen LogP contribution in [0.15, 0.2) is 23.0 Å². The SMILES string of the molecule is Cn1c(=O)n(N2C(=O)CCCC2=O)c2ccc(C3CCN(CC4CCCNC4)CC3)cc21. The fraction of sp³-hybridized carbons (Fsp3) is 0.625. The lowest BCUT2D eigenvalue weighted by Gasteiger charge is -2.35. The molecule has 0 aliphatic carbocycles. The molecule has 1 unspecified atom stereocenters. The Bertz CT molecular complexity index is 1060. The van der Waals surface area contributed by atoms with Crippen molar-refractivity contribution in [2.24, 2.45) is 13.0 Å². The van der Waals surface area contributed by atoms with E-state index in [-0.39, 0.29) is 17.5 Å². The van der Waals surface area contributed by atoms with Gasteiger partial charge in [-0.25, -0.2) is 4.79 Å². The monoisotopic (exact) mass is 439 g/mol. The molecule has 1 N–H and O–H groups in total. The zero-order valence-electron chi connectivity index (χ0n) is 18.9. The van der Waals surface area contributed by atoms with Gasteiger partial charge in [0.05, 0.1) is 11.0 Å². The normalized spacial score (nSPS) is 23.9. The number of amides is 2. The Balaban J connectivity index is 1.34. The molecule has 32 heavy (non-hydrogen) atoms. The van der Waals surface area contributed by atoms with Crippen molar-refractivity contribution in [3.63, 3.8) is 0 Å². The summed E-state index contributed by atoms with van der Waals surface area (Å²) in [5, 5.41) is 4.56. The van der Waals surface area contributed by atoms with E-state index in [1.54, 1.807) is 11.6 Å². The average molecular weight is 440 g/mol. The van der Waals surface area contributed by atoms with Gasteiger partial charge in [0.2, 0.25) is 11.8 Å². The minimum Gasteiger partial charge on any atom is -0.316 e. The summed E-state index contributed by atoms with van der Waals surface area (Å²) >= 11 is 0. The highest BCUT2D eigenvalue weighted by molar-refractivity contribution is 6.10. The Labute approximate surface area is 188 Å². The second-order valence-electron chi connectivity index (χ2n) is 9.64. The molecule has 1 atom stereocenters. The summed E-state index contributed by atoms with van der Waals surface area (Å²) < 4.78 is 2.82. The maximum Gasteiger partial charge on any atom is 0.348 e. The van der Waals surface area contributed by atoms with Crippen molar-refractivity contribution in [1.29, 1.82) is 0 Å². The van der Waals surface area contributed by atoms with E-state index in [0.717, 1.165) is 55.5 Å². The molecule has 3 saturated heterocycles. The molecular weight excluding hydrogens is 406 g/mol. The Morgan fingerprint density at radius 3 is 2.41 bits per heavy atom. The molecule has 2 aromatic rings. The average Bonchev–Trinajstić information content (AvgIpc) is 3.05. The van der Waals surface area contributed by atoms with Gasteiger partial charge in [-0.2, -0.15) is 9.69 Å². The van der Waals surface area contributed by atoms with Crippen LogP contribution in [0.3, 0.4) is 0 Å². The number of hydrogen-bond donors (Lipinski definition) is 1. The summed E-state index contributed by atoms with van der Waals surface area (Å²) in [5.41, 5.74) is 2.28. The lowest BCUT2D eigenvalue weighted by molar-refractivity contribution is -0.131. The second-order valence-corrected chi connectivity index (χ2v) is 9.64. The molecule has 5 rings (SSSR count). The topological polar surface area (TPSA) is 79.6 Å². The van der Waals surface area contributed by atoms with Gasteiger partial charge in [-0.3, -0.25) is 14.2 Å². The fourth-order valence-electron chi connectivity index (χ4n) is 5.64. The van der Waals surface area contributed by atoms with Gasteiger partial charge in [0.1, 0.15) is 0 Å². The molecule has 0 radical (unpaired) electrons. The van der Waals surface area contributed by atoms with Crippen LogP contribution in [-0.2, 0) is 16.6 Å². The zero-order valence-corrected chi connectivity index (χ0v) is 18.9. The number of benzene rings is 1. The lowest BCUT2D eigenvalue weighted by atomic mass is 9.88. The third-order valence-electron chi connectivity index (χ3n) is 7.49. The van der Waals surface area contributed by atoms with Crippen molar-refractivity contribution in [3.8, 4) is 0 Å². The predicted molar refractivity (Wildman–Crippen MR) is 123 cm³/mol. The molecule has 172 valence electrons. The summed E-state index contributed by atoms with van der Waals surface area (Å²) in [4.78, 5) is 40.4. The third-order valence-corrected chi connectivity index (χ3v) is 7.49. The van der Waals surface area contributed by atoms with E-state index >= 15 is 0 Å². The van der Waals surface area contributed by atoms with Crippen LogP contribution in [-0.4, -0.2) is 58.7 Å². The number of carbonyl (C=O) groups excluding carboxylic acids is 2. The first kappa shape index (κ1) is 21.4. The van der Waals surface area contributed by atoms with Gasteiger partial charge in [-0.1, -0.05) is 6.07 Å². The maximum absolute atomic E-state index is 13.0. The molecule has 0 spiro atoms. The number of carbonyl (C=O) groups is 2.